The Bertz CT molecular complexity index is 791. The maximum absolute atomic E-state index is 12.9. The van der Waals surface area contributed by atoms with Crippen LogP contribution in [0.5, 0.6) is 0 Å². The minimum Gasteiger partial charge on any atom is -0.371 e. The first-order chi connectivity index (χ1) is 11.2. The smallest absolute Gasteiger partial charge is 0.255 e. The summed E-state index contributed by atoms with van der Waals surface area (Å²) in [5.74, 6) is 0.655. The van der Waals surface area contributed by atoms with Gasteiger partial charge in [-0.05, 0) is 37.7 Å². The Hall–Kier alpha value is -2.02. The minimum atomic E-state index is -0.0685. The van der Waals surface area contributed by atoms with E-state index in [1.165, 1.54) is 12.8 Å². The predicted octanol–water partition coefficient (Wildman–Crippen LogP) is 1.15. The monoisotopic (exact) mass is 313 g/mol. The van der Waals surface area contributed by atoms with E-state index in [1.807, 2.05) is 4.90 Å². The van der Waals surface area contributed by atoms with Crippen molar-refractivity contribution < 1.29 is 9.53 Å². The van der Waals surface area contributed by atoms with Crippen LogP contribution in [-0.2, 0) is 11.8 Å². The number of carbonyl (C=O) groups excluding carboxylic acids is 1. The van der Waals surface area contributed by atoms with E-state index in [0.717, 1.165) is 19.4 Å². The van der Waals surface area contributed by atoms with Crippen LogP contribution in [0.3, 0.4) is 0 Å². The third-order valence-corrected chi connectivity index (χ3v) is 5.46. The molecule has 1 aliphatic carbocycles. The molecule has 3 aliphatic rings. The summed E-state index contributed by atoms with van der Waals surface area (Å²) in [5.41, 5.74) is 1.88. The van der Waals surface area contributed by atoms with Gasteiger partial charge in [0.2, 0.25) is 0 Å². The number of aryl methyl sites for hydroxylation is 1. The van der Waals surface area contributed by atoms with Crippen LogP contribution in [0.4, 0.5) is 0 Å². The lowest BCUT2D eigenvalue weighted by molar-refractivity contribution is -0.149. The van der Waals surface area contributed by atoms with Crippen LogP contribution in [0.2, 0.25) is 0 Å². The van der Waals surface area contributed by atoms with E-state index in [2.05, 4.69) is 15.3 Å². The summed E-state index contributed by atoms with van der Waals surface area (Å²) in [6.07, 6.45) is 6.25. The van der Waals surface area contributed by atoms with E-state index in [0.29, 0.717) is 29.2 Å². The molecule has 3 fully saturated rings. The third kappa shape index (κ3) is 1.86. The molecule has 2 atom stereocenters. The van der Waals surface area contributed by atoms with Gasteiger partial charge >= 0.3 is 0 Å². The molecular weight excluding hydrogens is 294 g/mol. The van der Waals surface area contributed by atoms with Crippen molar-refractivity contribution in [2.24, 2.45) is 13.0 Å². The van der Waals surface area contributed by atoms with Crippen molar-refractivity contribution >= 4 is 17.1 Å². The van der Waals surface area contributed by atoms with Crippen LogP contribution >= 0.6 is 0 Å². The van der Waals surface area contributed by atoms with Gasteiger partial charge in [0.1, 0.15) is 11.1 Å². The van der Waals surface area contributed by atoms with Gasteiger partial charge < -0.3 is 9.64 Å². The molecular formula is C16H19N5O2. The zero-order valence-corrected chi connectivity index (χ0v) is 13.1. The summed E-state index contributed by atoms with van der Waals surface area (Å²) in [5, 5.41) is 8.00. The number of ether oxygens (including phenoxy) is 1. The number of aromatic nitrogens is 4. The van der Waals surface area contributed by atoms with Crippen molar-refractivity contribution in [3.05, 3.63) is 17.8 Å². The van der Waals surface area contributed by atoms with Gasteiger partial charge in [-0.25, -0.2) is 9.67 Å². The van der Waals surface area contributed by atoms with Crippen LogP contribution in [0.1, 0.15) is 36.0 Å². The number of nitrogens with zero attached hydrogens (tertiary/aromatic N) is 5. The van der Waals surface area contributed by atoms with Crippen molar-refractivity contribution in [2.45, 2.75) is 37.3 Å². The molecule has 23 heavy (non-hydrogen) atoms. The summed E-state index contributed by atoms with van der Waals surface area (Å²) >= 11 is 0. The number of carbonyl (C=O) groups is 1. The van der Waals surface area contributed by atoms with E-state index >= 15 is 0 Å². The Balaban J connectivity index is 1.45. The van der Waals surface area contributed by atoms with Gasteiger partial charge in [0.25, 0.3) is 5.91 Å². The normalized spacial score (nSPS) is 30.1. The Kier molecular flexibility index (Phi) is 2.63. The van der Waals surface area contributed by atoms with Gasteiger partial charge in [-0.2, -0.15) is 0 Å². The van der Waals surface area contributed by atoms with Gasteiger partial charge in [0.05, 0.1) is 18.2 Å². The molecule has 0 N–H and O–H groups in total. The van der Waals surface area contributed by atoms with Crippen LogP contribution in [0, 0.1) is 5.92 Å². The summed E-state index contributed by atoms with van der Waals surface area (Å²) in [4.78, 5) is 19.3. The number of rotatable bonds is 2. The number of likely N-dealkylation sites (tertiary alicyclic amines) is 1. The lowest BCUT2D eigenvalue weighted by Crippen LogP contribution is -2.71. The molecule has 2 unspecified atom stereocenters. The highest BCUT2D eigenvalue weighted by Crippen LogP contribution is 2.51. The van der Waals surface area contributed by atoms with Crippen molar-refractivity contribution in [3.8, 4) is 0 Å². The van der Waals surface area contributed by atoms with E-state index in [-0.39, 0.29) is 17.6 Å². The molecule has 7 heteroatoms. The molecule has 7 nitrogen and oxygen atoms in total. The van der Waals surface area contributed by atoms with Crippen LogP contribution < -0.4 is 0 Å². The number of fused-ring (bicyclic) bond motifs is 1. The summed E-state index contributed by atoms with van der Waals surface area (Å²) in [6, 6.07) is 2.04. The van der Waals surface area contributed by atoms with Crippen molar-refractivity contribution in [2.75, 3.05) is 13.2 Å². The number of pyridine rings is 1. The molecule has 2 aromatic rings. The van der Waals surface area contributed by atoms with E-state index < -0.39 is 0 Å². The molecule has 2 saturated heterocycles. The largest absolute Gasteiger partial charge is 0.371 e. The maximum atomic E-state index is 12.9. The first kappa shape index (κ1) is 13.4. The van der Waals surface area contributed by atoms with Gasteiger partial charge in [0.15, 0.2) is 5.65 Å². The lowest BCUT2D eigenvalue weighted by atomic mass is 9.77. The first-order valence-corrected chi connectivity index (χ1v) is 8.28. The fraction of sp³-hybridized carbons (Fsp3) is 0.625. The van der Waals surface area contributed by atoms with Crippen molar-refractivity contribution in [1.82, 2.24) is 24.9 Å². The second-order valence-corrected chi connectivity index (χ2v) is 7.01. The van der Waals surface area contributed by atoms with Crippen molar-refractivity contribution in [3.63, 3.8) is 0 Å². The molecule has 120 valence electrons. The lowest BCUT2D eigenvalue weighted by Gasteiger charge is -2.55. The minimum absolute atomic E-state index is 0.0445. The molecule has 5 rings (SSSR count). The van der Waals surface area contributed by atoms with E-state index in [4.69, 9.17) is 4.74 Å². The van der Waals surface area contributed by atoms with Crippen molar-refractivity contribution in [1.29, 1.82) is 0 Å². The van der Waals surface area contributed by atoms with Gasteiger partial charge in [-0.3, -0.25) is 4.79 Å². The molecule has 2 aliphatic heterocycles. The second kappa shape index (κ2) is 4.50. The highest BCUT2D eigenvalue weighted by atomic mass is 16.5. The maximum Gasteiger partial charge on any atom is 0.255 e. The summed E-state index contributed by atoms with van der Waals surface area (Å²) in [6.45, 7) is 1.55. The van der Waals surface area contributed by atoms with E-state index in [9.17, 15) is 4.79 Å². The highest BCUT2D eigenvalue weighted by molar-refractivity contribution is 5.97. The molecule has 0 radical (unpaired) electrons. The fourth-order valence-corrected chi connectivity index (χ4v) is 4.23. The molecule has 0 aromatic carbocycles. The number of amides is 1. The Labute approximate surface area is 133 Å². The SMILES string of the molecule is Cn1nnc2cc(C(=O)N3CC4(CCCO4)C3C3CC3)cnc21. The Morgan fingerprint density at radius 1 is 1.43 bits per heavy atom. The highest BCUT2D eigenvalue weighted by Gasteiger charge is 2.61. The zero-order chi connectivity index (χ0) is 15.6. The first-order valence-electron chi connectivity index (χ1n) is 8.28. The number of hydrogen-bond acceptors (Lipinski definition) is 5. The topological polar surface area (TPSA) is 73.1 Å². The molecule has 1 spiro atoms. The molecule has 2 aromatic heterocycles. The fourth-order valence-electron chi connectivity index (χ4n) is 4.23. The quantitative estimate of drug-likeness (QED) is 0.831. The van der Waals surface area contributed by atoms with Gasteiger partial charge in [-0.15, -0.1) is 5.10 Å². The van der Waals surface area contributed by atoms with Gasteiger partial charge in [-0.1, -0.05) is 5.21 Å². The standard InChI is InChI=1S/C16H19N5O2/c1-20-14-12(18-19-20)7-11(8-17-14)15(22)21-9-16(5-2-6-23-16)13(21)10-3-4-10/h7-8,10,13H,2-6,9H2,1H3. The third-order valence-electron chi connectivity index (χ3n) is 5.46. The molecule has 1 amide bonds. The summed E-state index contributed by atoms with van der Waals surface area (Å²) in [7, 11) is 1.80. The zero-order valence-electron chi connectivity index (χ0n) is 13.1. The average molecular weight is 313 g/mol. The molecule has 1 saturated carbocycles. The molecule has 0 bridgehead atoms. The van der Waals surface area contributed by atoms with Crippen LogP contribution in [0.25, 0.3) is 11.2 Å². The van der Waals surface area contributed by atoms with Crippen LogP contribution in [-0.4, -0.2) is 55.6 Å². The summed E-state index contributed by atoms with van der Waals surface area (Å²) < 4.78 is 7.66. The second-order valence-electron chi connectivity index (χ2n) is 7.01. The molecule has 4 heterocycles. The van der Waals surface area contributed by atoms with Gasteiger partial charge in [0, 0.05) is 19.9 Å². The number of hydrogen-bond donors (Lipinski definition) is 0. The Morgan fingerprint density at radius 2 is 2.30 bits per heavy atom. The average Bonchev–Trinajstić information content (AvgIpc) is 3.09. The predicted molar refractivity (Wildman–Crippen MR) is 81.8 cm³/mol. The van der Waals surface area contributed by atoms with Crippen LogP contribution in [0.15, 0.2) is 12.3 Å². The van der Waals surface area contributed by atoms with E-state index in [1.54, 1.807) is 24.0 Å². The Morgan fingerprint density at radius 3 is 3.04 bits per heavy atom.